The SMILES string of the molecule is COC1CCCN(c2ccc([N+](=O)[O-])cc2CBr)C1. The number of hydrogen-bond acceptors (Lipinski definition) is 4. The van der Waals surface area contributed by atoms with Gasteiger partial charge in [0.05, 0.1) is 11.0 Å². The summed E-state index contributed by atoms with van der Waals surface area (Å²) in [5, 5.41) is 11.4. The molecule has 0 saturated carbocycles. The summed E-state index contributed by atoms with van der Waals surface area (Å²) in [6, 6.07) is 5.05. The molecule has 1 aliphatic rings. The Morgan fingerprint density at radius 2 is 2.37 bits per heavy atom. The molecule has 0 aliphatic carbocycles. The van der Waals surface area contributed by atoms with E-state index in [9.17, 15) is 10.1 Å². The maximum absolute atomic E-state index is 10.8. The molecule has 1 atom stereocenters. The van der Waals surface area contributed by atoms with E-state index in [1.165, 1.54) is 0 Å². The minimum absolute atomic E-state index is 0.138. The number of rotatable bonds is 4. The van der Waals surface area contributed by atoms with Crippen LogP contribution in [0.15, 0.2) is 18.2 Å². The van der Waals surface area contributed by atoms with Gasteiger partial charge in [-0.1, -0.05) is 15.9 Å². The molecule has 1 aliphatic heterocycles. The van der Waals surface area contributed by atoms with E-state index in [0.29, 0.717) is 5.33 Å². The minimum atomic E-state index is -0.357. The van der Waals surface area contributed by atoms with Crippen LogP contribution in [-0.2, 0) is 10.1 Å². The Balaban J connectivity index is 2.26. The third kappa shape index (κ3) is 3.25. The number of alkyl halides is 1. The highest BCUT2D eigenvalue weighted by molar-refractivity contribution is 9.08. The molecule has 2 rings (SSSR count). The van der Waals surface area contributed by atoms with Crippen LogP contribution in [0.3, 0.4) is 0 Å². The van der Waals surface area contributed by atoms with Crippen LogP contribution in [0.25, 0.3) is 0 Å². The molecule has 19 heavy (non-hydrogen) atoms. The summed E-state index contributed by atoms with van der Waals surface area (Å²) < 4.78 is 5.42. The number of nitro groups is 1. The Labute approximate surface area is 120 Å². The quantitative estimate of drug-likeness (QED) is 0.484. The first-order valence-corrected chi connectivity index (χ1v) is 7.39. The van der Waals surface area contributed by atoms with Gasteiger partial charge in [-0.2, -0.15) is 0 Å². The molecule has 0 N–H and O–H groups in total. The first kappa shape index (κ1) is 14.3. The molecule has 1 aromatic carbocycles. The van der Waals surface area contributed by atoms with Crippen molar-refractivity contribution in [2.75, 3.05) is 25.1 Å². The van der Waals surface area contributed by atoms with Gasteiger partial charge in [0.25, 0.3) is 5.69 Å². The molecule has 0 radical (unpaired) electrons. The molecule has 0 bridgehead atoms. The summed E-state index contributed by atoms with van der Waals surface area (Å²) in [4.78, 5) is 12.7. The van der Waals surface area contributed by atoms with E-state index in [4.69, 9.17) is 4.74 Å². The first-order valence-electron chi connectivity index (χ1n) is 6.26. The molecule has 1 heterocycles. The van der Waals surface area contributed by atoms with Crippen molar-refractivity contribution in [1.82, 2.24) is 0 Å². The van der Waals surface area contributed by atoms with E-state index in [1.54, 1.807) is 19.2 Å². The highest BCUT2D eigenvalue weighted by Crippen LogP contribution is 2.29. The largest absolute Gasteiger partial charge is 0.380 e. The zero-order valence-corrected chi connectivity index (χ0v) is 12.4. The Kier molecular flexibility index (Phi) is 4.76. The summed E-state index contributed by atoms with van der Waals surface area (Å²) in [5.74, 6) is 0. The van der Waals surface area contributed by atoms with Crippen LogP contribution in [0, 0.1) is 10.1 Å². The fourth-order valence-electron chi connectivity index (χ4n) is 2.45. The van der Waals surface area contributed by atoms with Gasteiger partial charge in [-0.15, -0.1) is 0 Å². The summed E-state index contributed by atoms with van der Waals surface area (Å²) in [6.07, 6.45) is 2.40. The Morgan fingerprint density at radius 1 is 1.58 bits per heavy atom. The first-order chi connectivity index (χ1) is 9.15. The second-order valence-electron chi connectivity index (χ2n) is 4.65. The summed E-state index contributed by atoms with van der Waals surface area (Å²) in [6.45, 7) is 1.81. The molecule has 0 amide bonds. The van der Waals surface area contributed by atoms with Crippen molar-refractivity contribution in [3.05, 3.63) is 33.9 Å². The Morgan fingerprint density at radius 3 is 3.00 bits per heavy atom. The molecule has 1 fully saturated rings. The molecular formula is C13H17BrN2O3. The number of nitro benzene ring substituents is 1. The lowest BCUT2D eigenvalue weighted by atomic mass is 10.1. The topological polar surface area (TPSA) is 55.6 Å². The van der Waals surface area contributed by atoms with Gasteiger partial charge in [-0.25, -0.2) is 0 Å². The monoisotopic (exact) mass is 328 g/mol. The molecule has 104 valence electrons. The van der Waals surface area contributed by atoms with Gasteiger partial charge >= 0.3 is 0 Å². The predicted molar refractivity (Wildman–Crippen MR) is 78.0 cm³/mol. The van der Waals surface area contributed by atoms with Crippen molar-refractivity contribution >= 4 is 27.3 Å². The van der Waals surface area contributed by atoms with Crippen molar-refractivity contribution in [2.24, 2.45) is 0 Å². The van der Waals surface area contributed by atoms with Crippen LogP contribution in [0.2, 0.25) is 0 Å². The van der Waals surface area contributed by atoms with E-state index < -0.39 is 0 Å². The van der Waals surface area contributed by atoms with Crippen LogP contribution in [-0.4, -0.2) is 31.2 Å². The van der Waals surface area contributed by atoms with E-state index in [1.807, 2.05) is 6.07 Å². The number of benzene rings is 1. The van der Waals surface area contributed by atoms with Crippen molar-refractivity contribution in [1.29, 1.82) is 0 Å². The molecular weight excluding hydrogens is 312 g/mol. The van der Waals surface area contributed by atoms with Gasteiger partial charge in [0.2, 0.25) is 0 Å². The number of anilines is 1. The second kappa shape index (κ2) is 6.34. The maximum Gasteiger partial charge on any atom is 0.269 e. The average Bonchev–Trinajstić information content (AvgIpc) is 2.46. The highest BCUT2D eigenvalue weighted by atomic mass is 79.9. The third-order valence-electron chi connectivity index (χ3n) is 3.47. The van der Waals surface area contributed by atoms with Gasteiger partial charge < -0.3 is 9.64 Å². The zero-order valence-electron chi connectivity index (χ0n) is 10.8. The molecule has 1 saturated heterocycles. The normalized spacial score (nSPS) is 19.5. The second-order valence-corrected chi connectivity index (χ2v) is 5.21. The van der Waals surface area contributed by atoms with E-state index in [-0.39, 0.29) is 16.7 Å². The van der Waals surface area contributed by atoms with Gasteiger partial charge in [0.15, 0.2) is 0 Å². The van der Waals surface area contributed by atoms with E-state index in [0.717, 1.165) is 37.2 Å². The van der Waals surface area contributed by atoms with Crippen molar-refractivity contribution in [3.63, 3.8) is 0 Å². The number of non-ortho nitro benzene ring substituents is 1. The van der Waals surface area contributed by atoms with Crippen molar-refractivity contribution < 1.29 is 9.66 Å². The number of piperidine rings is 1. The van der Waals surface area contributed by atoms with Crippen LogP contribution in [0.4, 0.5) is 11.4 Å². The smallest absolute Gasteiger partial charge is 0.269 e. The lowest BCUT2D eigenvalue weighted by Crippen LogP contribution is -2.39. The van der Waals surface area contributed by atoms with Gasteiger partial charge in [0.1, 0.15) is 0 Å². The molecule has 1 unspecified atom stereocenters. The fraction of sp³-hybridized carbons (Fsp3) is 0.538. The molecule has 5 nitrogen and oxygen atoms in total. The minimum Gasteiger partial charge on any atom is -0.380 e. The number of ether oxygens (including phenoxy) is 1. The Bertz CT molecular complexity index is 467. The number of halogens is 1. The van der Waals surface area contributed by atoms with Gasteiger partial charge in [-0.3, -0.25) is 10.1 Å². The van der Waals surface area contributed by atoms with Crippen LogP contribution in [0.5, 0.6) is 0 Å². The molecule has 1 aromatic rings. The van der Waals surface area contributed by atoms with Gasteiger partial charge in [0, 0.05) is 43.3 Å². The summed E-state index contributed by atoms with van der Waals surface area (Å²) in [7, 11) is 1.73. The third-order valence-corrected chi connectivity index (χ3v) is 4.07. The number of nitrogens with zero attached hydrogens (tertiary/aromatic N) is 2. The molecule has 6 heteroatoms. The van der Waals surface area contributed by atoms with Gasteiger partial charge in [-0.05, 0) is 24.5 Å². The van der Waals surface area contributed by atoms with Crippen molar-refractivity contribution in [3.8, 4) is 0 Å². The summed E-state index contributed by atoms with van der Waals surface area (Å²) >= 11 is 3.41. The van der Waals surface area contributed by atoms with E-state index >= 15 is 0 Å². The number of methoxy groups -OCH3 is 1. The summed E-state index contributed by atoms with van der Waals surface area (Å²) in [5.41, 5.74) is 2.15. The lowest BCUT2D eigenvalue weighted by molar-refractivity contribution is -0.384. The lowest BCUT2D eigenvalue weighted by Gasteiger charge is -2.34. The number of hydrogen-bond donors (Lipinski definition) is 0. The predicted octanol–water partition coefficient (Wildman–Crippen LogP) is 3.10. The van der Waals surface area contributed by atoms with E-state index in [2.05, 4.69) is 20.8 Å². The highest BCUT2D eigenvalue weighted by Gasteiger charge is 2.22. The van der Waals surface area contributed by atoms with Crippen LogP contribution < -0.4 is 4.90 Å². The molecule has 0 aromatic heterocycles. The zero-order chi connectivity index (χ0) is 13.8. The van der Waals surface area contributed by atoms with Crippen LogP contribution in [0.1, 0.15) is 18.4 Å². The van der Waals surface area contributed by atoms with Crippen molar-refractivity contribution in [2.45, 2.75) is 24.3 Å². The standard InChI is InChI=1S/C13H17BrN2O3/c1-19-12-3-2-6-15(9-12)13-5-4-11(16(17)18)7-10(13)8-14/h4-5,7,12H,2-3,6,8-9H2,1H3. The molecule has 0 spiro atoms. The maximum atomic E-state index is 10.8. The Hall–Kier alpha value is -1.14. The average molecular weight is 329 g/mol. The van der Waals surface area contributed by atoms with Crippen LogP contribution >= 0.6 is 15.9 Å². The fourth-order valence-corrected chi connectivity index (χ4v) is 2.90.